The third-order valence-electron chi connectivity index (χ3n) is 5.42. The molecule has 0 spiro atoms. The molecule has 2 fully saturated rings. The Hall–Kier alpha value is -2.27. The molecule has 2 amide bonds. The lowest BCUT2D eigenvalue weighted by atomic mass is 10.0. The van der Waals surface area contributed by atoms with Crippen molar-refractivity contribution in [2.45, 2.75) is 25.3 Å². The number of hydrogen-bond acceptors (Lipinski definition) is 2. The lowest BCUT2D eigenvalue weighted by Gasteiger charge is -2.34. The Kier molecular flexibility index (Phi) is 4.72. The zero-order valence-corrected chi connectivity index (χ0v) is 15.3. The molecule has 2 saturated heterocycles. The zero-order valence-electron chi connectivity index (χ0n) is 14.6. The molecule has 0 N–H and O–H groups in total. The number of aromatic nitrogens is 1. The van der Waals surface area contributed by atoms with Crippen LogP contribution in [0.15, 0.2) is 48.8 Å². The lowest BCUT2D eigenvalue weighted by Crippen LogP contribution is -2.42. The number of piperidine rings is 1. The Labute approximate surface area is 158 Å². The van der Waals surface area contributed by atoms with Gasteiger partial charge in [-0.1, -0.05) is 17.7 Å². The normalized spacial score (nSPS) is 21.4. The van der Waals surface area contributed by atoms with Crippen LogP contribution in [-0.2, 0) is 9.59 Å². The summed E-state index contributed by atoms with van der Waals surface area (Å²) in [5.74, 6) is -0.161. The summed E-state index contributed by atoms with van der Waals surface area (Å²) in [5, 5.41) is 0.595. The fourth-order valence-corrected chi connectivity index (χ4v) is 4.18. The summed E-state index contributed by atoms with van der Waals surface area (Å²) in [4.78, 5) is 28.9. The Balaban J connectivity index is 1.38. The van der Waals surface area contributed by atoms with E-state index in [1.807, 2.05) is 29.2 Å². The van der Waals surface area contributed by atoms with E-state index in [1.54, 1.807) is 17.0 Å². The Bertz CT molecular complexity index is 797. The van der Waals surface area contributed by atoms with Gasteiger partial charge in [0.25, 0.3) is 0 Å². The standard InChI is InChI=1S/C20H22ClN3O2/c21-16-4-3-5-18(13-16)24-14-15(12-19(24)25)20(26)23-10-6-17(7-11-23)22-8-1-2-9-22/h1-5,8-9,13,15,17H,6-7,10-12,14H2. The van der Waals surface area contributed by atoms with Crippen molar-refractivity contribution in [2.75, 3.05) is 24.5 Å². The van der Waals surface area contributed by atoms with Gasteiger partial charge in [0.15, 0.2) is 0 Å². The summed E-state index contributed by atoms with van der Waals surface area (Å²) < 4.78 is 2.22. The van der Waals surface area contributed by atoms with E-state index in [0.29, 0.717) is 17.6 Å². The van der Waals surface area contributed by atoms with E-state index in [9.17, 15) is 9.59 Å². The SMILES string of the molecule is O=C(C1CC(=O)N(c2cccc(Cl)c2)C1)N1CCC(n2cccc2)CC1. The number of nitrogens with zero attached hydrogens (tertiary/aromatic N) is 3. The fourth-order valence-electron chi connectivity index (χ4n) is 4.00. The van der Waals surface area contributed by atoms with Crippen molar-refractivity contribution in [1.29, 1.82) is 0 Å². The number of amides is 2. The summed E-state index contributed by atoms with van der Waals surface area (Å²) >= 11 is 6.03. The van der Waals surface area contributed by atoms with Crippen LogP contribution in [0.2, 0.25) is 5.02 Å². The minimum Gasteiger partial charge on any atom is -0.351 e. The van der Waals surface area contributed by atoms with Gasteiger partial charge in [-0.05, 0) is 43.2 Å². The number of anilines is 1. The van der Waals surface area contributed by atoms with Crippen LogP contribution in [-0.4, -0.2) is 40.9 Å². The molecule has 0 saturated carbocycles. The average molecular weight is 372 g/mol. The van der Waals surface area contributed by atoms with E-state index < -0.39 is 0 Å². The summed E-state index contributed by atoms with van der Waals surface area (Å²) in [6.07, 6.45) is 6.36. The Morgan fingerprint density at radius 1 is 1.08 bits per heavy atom. The number of halogens is 1. The number of carbonyl (C=O) groups is 2. The van der Waals surface area contributed by atoms with E-state index in [0.717, 1.165) is 31.6 Å². The number of carbonyl (C=O) groups excluding carboxylic acids is 2. The molecule has 6 heteroatoms. The first-order valence-electron chi connectivity index (χ1n) is 9.09. The lowest BCUT2D eigenvalue weighted by molar-refractivity contribution is -0.137. The second kappa shape index (κ2) is 7.16. The molecule has 1 aromatic carbocycles. The number of hydrogen-bond donors (Lipinski definition) is 0. The molecule has 2 aromatic rings. The van der Waals surface area contributed by atoms with Gasteiger partial charge in [0, 0.05) is 55.2 Å². The van der Waals surface area contributed by atoms with Gasteiger partial charge in [-0.3, -0.25) is 9.59 Å². The number of likely N-dealkylation sites (tertiary alicyclic amines) is 1. The van der Waals surface area contributed by atoms with Crippen molar-refractivity contribution in [3.63, 3.8) is 0 Å². The second-order valence-electron chi connectivity index (χ2n) is 7.07. The van der Waals surface area contributed by atoms with Crippen LogP contribution in [0.1, 0.15) is 25.3 Å². The molecule has 0 aliphatic carbocycles. The quantitative estimate of drug-likeness (QED) is 0.830. The maximum absolute atomic E-state index is 12.9. The summed E-state index contributed by atoms with van der Waals surface area (Å²) in [6.45, 7) is 1.95. The molecular weight excluding hydrogens is 350 g/mol. The predicted octanol–water partition coefficient (Wildman–Crippen LogP) is 3.36. The molecule has 4 rings (SSSR count). The van der Waals surface area contributed by atoms with Crippen molar-refractivity contribution in [2.24, 2.45) is 5.92 Å². The highest BCUT2D eigenvalue weighted by Crippen LogP contribution is 2.30. The predicted molar refractivity (Wildman–Crippen MR) is 101 cm³/mol. The first-order valence-corrected chi connectivity index (χ1v) is 9.47. The van der Waals surface area contributed by atoms with E-state index in [-0.39, 0.29) is 24.2 Å². The molecule has 0 radical (unpaired) electrons. The third-order valence-corrected chi connectivity index (χ3v) is 5.65. The van der Waals surface area contributed by atoms with Crippen molar-refractivity contribution in [1.82, 2.24) is 9.47 Å². The summed E-state index contributed by atoms with van der Waals surface area (Å²) in [5.41, 5.74) is 0.768. The highest BCUT2D eigenvalue weighted by molar-refractivity contribution is 6.31. The third kappa shape index (κ3) is 3.36. The van der Waals surface area contributed by atoms with Crippen molar-refractivity contribution in [3.05, 3.63) is 53.8 Å². The highest BCUT2D eigenvalue weighted by atomic mass is 35.5. The molecule has 2 aliphatic rings. The molecule has 0 bridgehead atoms. The van der Waals surface area contributed by atoms with Gasteiger partial charge in [0.1, 0.15) is 0 Å². The molecule has 136 valence electrons. The molecule has 5 nitrogen and oxygen atoms in total. The van der Waals surface area contributed by atoms with E-state index in [2.05, 4.69) is 17.0 Å². The van der Waals surface area contributed by atoms with Crippen molar-refractivity contribution in [3.8, 4) is 0 Å². The largest absolute Gasteiger partial charge is 0.351 e. The van der Waals surface area contributed by atoms with Crippen LogP contribution in [0, 0.1) is 5.92 Å². The average Bonchev–Trinajstić information content (AvgIpc) is 3.31. The van der Waals surface area contributed by atoms with Crippen molar-refractivity contribution >= 4 is 29.1 Å². The minimum atomic E-state index is -0.260. The van der Waals surface area contributed by atoms with Crippen LogP contribution in [0.5, 0.6) is 0 Å². The monoisotopic (exact) mass is 371 g/mol. The van der Waals surface area contributed by atoms with E-state index in [1.165, 1.54) is 0 Å². The van der Waals surface area contributed by atoms with Crippen LogP contribution in [0.3, 0.4) is 0 Å². The molecule has 1 aromatic heterocycles. The van der Waals surface area contributed by atoms with Crippen LogP contribution in [0.4, 0.5) is 5.69 Å². The second-order valence-corrected chi connectivity index (χ2v) is 7.51. The number of rotatable bonds is 3. The smallest absolute Gasteiger partial charge is 0.228 e. The molecule has 1 atom stereocenters. The highest BCUT2D eigenvalue weighted by Gasteiger charge is 2.38. The van der Waals surface area contributed by atoms with Crippen LogP contribution in [0.25, 0.3) is 0 Å². The zero-order chi connectivity index (χ0) is 18.1. The van der Waals surface area contributed by atoms with Gasteiger partial charge in [-0.2, -0.15) is 0 Å². The molecule has 3 heterocycles. The minimum absolute atomic E-state index is 0.00663. The molecule has 2 aliphatic heterocycles. The molecular formula is C20H22ClN3O2. The first-order chi connectivity index (χ1) is 12.6. The fraction of sp³-hybridized carbons (Fsp3) is 0.400. The van der Waals surface area contributed by atoms with Crippen LogP contribution < -0.4 is 4.90 Å². The summed E-state index contributed by atoms with van der Waals surface area (Å²) in [7, 11) is 0. The number of benzene rings is 1. The van der Waals surface area contributed by atoms with Crippen molar-refractivity contribution < 1.29 is 9.59 Å². The Morgan fingerprint density at radius 2 is 1.81 bits per heavy atom. The van der Waals surface area contributed by atoms with Gasteiger partial charge >= 0.3 is 0 Å². The topological polar surface area (TPSA) is 45.6 Å². The molecule has 1 unspecified atom stereocenters. The van der Waals surface area contributed by atoms with Gasteiger partial charge < -0.3 is 14.4 Å². The maximum atomic E-state index is 12.9. The van der Waals surface area contributed by atoms with E-state index >= 15 is 0 Å². The van der Waals surface area contributed by atoms with Gasteiger partial charge in [0.05, 0.1) is 5.92 Å². The van der Waals surface area contributed by atoms with Gasteiger partial charge in [-0.25, -0.2) is 0 Å². The maximum Gasteiger partial charge on any atom is 0.228 e. The van der Waals surface area contributed by atoms with Gasteiger partial charge in [0.2, 0.25) is 11.8 Å². The summed E-state index contributed by atoms with van der Waals surface area (Å²) in [6, 6.07) is 11.8. The Morgan fingerprint density at radius 3 is 2.50 bits per heavy atom. The van der Waals surface area contributed by atoms with E-state index in [4.69, 9.17) is 11.6 Å². The molecule has 26 heavy (non-hydrogen) atoms. The van der Waals surface area contributed by atoms with Gasteiger partial charge in [-0.15, -0.1) is 0 Å². The van der Waals surface area contributed by atoms with Crippen LogP contribution >= 0.6 is 11.6 Å². The first kappa shape index (κ1) is 17.2.